The van der Waals surface area contributed by atoms with Crippen LogP contribution < -0.4 is 5.32 Å². The van der Waals surface area contributed by atoms with Gasteiger partial charge in [-0.3, -0.25) is 4.79 Å². The first-order chi connectivity index (χ1) is 9.10. The molecule has 0 unspecified atom stereocenters. The Morgan fingerprint density at radius 3 is 2.79 bits per heavy atom. The van der Waals surface area contributed by atoms with Crippen molar-refractivity contribution in [1.29, 1.82) is 5.26 Å². The molecule has 0 aliphatic carbocycles. The average Bonchev–Trinajstić information content (AvgIpc) is 2.43. The number of carbonyl (C=O) groups is 1. The van der Waals surface area contributed by atoms with Crippen LogP contribution in [0.5, 0.6) is 0 Å². The van der Waals surface area contributed by atoms with Gasteiger partial charge in [0.05, 0.1) is 11.3 Å². The van der Waals surface area contributed by atoms with E-state index in [1.54, 1.807) is 6.07 Å². The van der Waals surface area contributed by atoms with Gasteiger partial charge in [-0.15, -0.1) is 0 Å². The summed E-state index contributed by atoms with van der Waals surface area (Å²) in [5, 5.41) is 11.4. The zero-order chi connectivity index (χ0) is 13.8. The fourth-order valence-electron chi connectivity index (χ4n) is 1.29. The number of anilines is 1. The Morgan fingerprint density at radius 1 is 1.37 bits per heavy atom. The van der Waals surface area contributed by atoms with Gasteiger partial charge in [0.15, 0.2) is 5.15 Å². The van der Waals surface area contributed by atoms with Crippen LogP contribution in [0.25, 0.3) is 0 Å². The summed E-state index contributed by atoms with van der Waals surface area (Å²) in [4.78, 5) is 19.7. The van der Waals surface area contributed by atoms with Crippen molar-refractivity contribution in [1.82, 2.24) is 9.97 Å². The maximum atomic E-state index is 11.9. The van der Waals surface area contributed by atoms with Gasteiger partial charge in [-0.25, -0.2) is 9.97 Å². The fraction of sp³-hybridized carbons (Fsp3) is 0. The van der Waals surface area contributed by atoms with E-state index in [2.05, 4.69) is 31.2 Å². The molecule has 0 saturated heterocycles. The molecule has 1 amide bonds. The number of hydrogen-bond acceptors (Lipinski definition) is 4. The van der Waals surface area contributed by atoms with Gasteiger partial charge >= 0.3 is 0 Å². The van der Waals surface area contributed by atoms with Gasteiger partial charge < -0.3 is 5.32 Å². The molecule has 1 N–H and O–H groups in total. The fourth-order valence-corrected chi connectivity index (χ4v) is 1.77. The number of nitriles is 1. The number of nitrogens with one attached hydrogen (secondary N) is 1. The van der Waals surface area contributed by atoms with Gasteiger partial charge in [-0.1, -0.05) is 11.6 Å². The lowest BCUT2D eigenvalue weighted by Crippen LogP contribution is -2.14. The van der Waals surface area contributed by atoms with Crippen LogP contribution in [0.4, 0.5) is 5.69 Å². The maximum Gasteiger partial charge on any atom is 0.274 e. The first-order valence-electron chi connectivity index (χ1n) is 5.08. The molecule has 0 atom stereocenters. The molecule has 0 aliphatic rings. The summed E-state index contributed by atoms with van der Waals surface area (Å²) < 4.78 is 0.694. The number of aromatic nitrogens is 2. The second-order valence-corrected chi connectivity index (χ2v) is 4.76. The molecule has 2 rings (SSSR count). The highest BCUT2D eigenvalue weighted by atomic mass is 79.9. The van der Waals surface area contributed by atoms with Crippen LogP contribution in [0, 0.1) is 11.3 Å². The number of halogens is 2. The molecule has 0 saturated carbocycles. The van der Waals surface area contributed by atoms with Gasteiger partial charge in [0.1, 0.15) is 11.8 Å². The van der Waals surface area contributed by atoms with E-state index in [4.69, 9.17) is 16.9 Å². The lowest BCUT2D eigenvalue weighted by Gasteiger charge is -2.06. The first kappa shape index (κ1) is 13.5. The molecule has 2 heterocycles. The third kappa shape index (κ3) is 3.28. The Kier molecular flexibility index (Phi) is 4.10. The SMILES string of the molecule is N#Cc1ccc(C(=O)Nc2cc(Br)cnc2Cl)nc1. The number of amides is 1. The molecule has 0 radical (unpaired) electrons. The van der Waals surface area contributed by atoms with Crippen molar-refractivity contribution in [3.05, 3.63) is 51.5 Å². The van der Waals surface area contributed by atoms with E-state index in [-0.39, 0.29) is 10.8 Å². The summed E-state index contributed by atoms with van der Waals surface area (Å²) in [6.45, 7) is 0. The summed E-state index contributed by atoms with van der Waals surface area (Å²) >= 11 is 9.10. The molecular weight excluding hydrogens is 332 g/mol. The van der Waals surface area contributed by atoms with Crippen molar-refractivity contribution >= 4 is 39.1 Å². The normalized spacial score (nSPS) is 9.74. The molecule has 2 aromatic heterocycles. The zero-order valence-electron chi connectivity index (χ0n) is 9.39. The van der Waals surface area contributed by atoms with Crippen molar-refractivity contribution < 1.29 is 4.79 Å². The van der Waals surface area contributed by atoms with E-state index >= 15 is 0 Å². The lowest BCUT2D eigenvalue weighted by molar-refractivity contribution is 0.102. The Balaban J connectivity index is 2.21. The topological polar surface area (TPSA) is 78.7 Å². The van der Waals surface area contributed by atoms with E-state index in [1.807, 2.05) is 6.07 Å². The van der Waals surface area contributed by atoms with Crippen LogP contribution >= 0.6 is 27.5 Å². The number of hydrogen-bond donors (Lipinski definition) is 1. The smallest absolute Gasteiger partial charge is 0.274 e. The van der Waals surface area contributed by atoms with Crippen LogP contribution in [-0.2, 0) is 0 Å². The predicted octanol–water partition coefficient (Wildman–Crippen LogP) is 3.02. The van der Waals surface area contributed by atoms with E-state index in [0.29, 0.717) is 15.7 Å². The number of carbonyl (C=O) groups excluding carboxylic acids is 1. The standard InChI is InChI=1S/C12H6BrClN4O/c13-8-3-10(11(14)17-6-8)18-12(19)9-2-1-7(4-15)5-16-9/h1-3,5-6H,(H,18,19). The van der Waals surface area contributed by atoms with Crippen LogP contribution in [0.1, 0.15) is 16.1 Å². The molecule has 0 aromatic carbocycles. The van der Waals surface area contributed by atoms with Crippen molar-refractivity contribution in [2.45, 2.75) is 0 Å². The van der Waals surface area contributed by atoms with Crippen molar-refractivity contribution in [2.24, 2.45) is 0 Å². The summed E-state index contributed by atoms with van der Waals surface area (Å²) in [6, 6.07) is 6.55. The largest absolute Gasteiger partial charge is 0.318 e. The van der Waals surface area contributed by atoms with Crippen LogP contribution in [0.2, 0.25) is 5.15 Å². The number of nitrogens with zero attached hydrogens (tertiary/aromatic N) is 3. The van der Waals surface area contributed by atoms with Gasteiger partial charge in [0.2, 0.25) is 0 Å². The molecule has 0 spiro atoms. The van der Waals surface area contributed by atoms with Gasteiger partial charge in [-0.05, 0) is 34.1 Å². The molecule has 2 aromatic rings. The molecule has 5 nitrogen and oxygen atoms in total. The molecule has 94 valence electrons. The molecule has 0 fully saturated rings. The molecule has 19 heavy (non-hydrogen) atoms. The molecular formula is C12H6BrClN4O. The Labute approximate surface area is 122 Å². The summed E-state index contributed by atoms with van der Waals surface area (Å²) in [6.07, 6.45) is 2.85. The van der Waals surface area contributed by atoms with Gasteiger partial charge in [-0.2, -0.15) is 5.26 Å². The summed E-state index contributed by atoms with van der Waals surface area (Å²) in [5.41, 5.74) is 0.959. The molecule has 0 bridgehead atoms. The Hall–Kier alpha value is -1.97. The Bertz CT molecular complexity index is 666. The third-order valence-corrected chi connectivity index (χ3v) is 2.91. The maximum absolute atomic E-state index is 11.9. The van der Waals surface area contributed by atoms with E-state index in [0.717, 1.165) is 0 Å². The van der Waals surface area contributed by atoms with Crippen LogP contribution in [0.15, 0.2) is 35.1 Å². The molecule has 7 heteroatoms. The first-order valence-corrected chi connectivity index (χ1v) is 6.26. The van der Waals surface area contributed by atoms with Crippen molar-refractivity contribution in [3.8, 4) is 6.07 Å². The van der Waals surface area contributed by atoms with E-state index in [1.165, 1.54) is 24.5 Å². The quantitative estimate of drug-likeness (QED) is 0.854. The number of pyridine rings is 2. The van der Waals surface area contributed by atoms with Gasteiger partial charge in [0, 0.05) is 16.9 Å². The van der Waals surface area contributed by atoms with Crippen LogP contribution in [0.3, 0.4) is 0 Å². The summed E-state index contributed by atoms with van der Waals surface area (Å²) in [5.74, 6) is -0.425. The average molecular weight is 338 g/mol. The van der Waals surface area contributed by atoms with Crippen molar-refractivity contribution in [3.63, 3.8) is 0 Å². The Morgan fingerprint density at radius 2 is 2.16 bits per heavy atom. The van der Waals surface area contributed by atoms with E-state index in [9.17, 15) is 4.79 Å². The second kappa shape index (κ2) is 5.78. The highest BCUT2D eigenvalue weighted by Crippen LogP contribution is 2.23. The van der Waals surface area contributed by atoms with E-state index < -0.39 is 5.91 Å². The second-order valence-electron chi connectivity index (χ2n) is 3.49. The summed E-state index contributed by atoms with van der Waals surface area (Å²) in [7, 11) is 0. The highest BCUT2D eigenvalue weighted by Gasteiger charge is 2.10. The van der Waals surface area contributed by atoms with Gasteiger partial charge in [0.25, 0.3) is 5.91 Å². The monoisotopic (exact) mass is 336 g/mol. The molecule has 0 aliphatic heterocycles. The lowest BCUT2D eigenvalue weighted by atomic mass is 10.2. The minimum atomic E-state index is -0.425. The zero-order valence-corrected chi connectivity index (χ0v) is 11.7. The number of rotatable bonds is 2. The predicted molar refractivity (Wildman–Crippen MR) is 73.9 cm³/mol. The minimum absolute atomic E-state index is 0.185. The minimum Gasteiger partial charge on any atom is -0.318 e. The third-order valence-electron chi connectivity index (χ3n) is 2.18. The van der Waals surface area contributed by atoms with Crippen LogP contribution in [-0.4, -0.2) is 15.9 Å². The van der Waals surface area contributed by atoms with Crippen molar-refractivity contribution in [2.75, 3.05) is 5.32 Å². The highest BCUT2D eigenvalue weighted by molar-refractivity contribution is 9.10.